The lowest BCUT2D eigenvalue weighted by Gasteiger charge is -2.23. The maximum absolute atomic E-state index is 6.35. The lowest BCUT2D eigenvalue weighted by Crippen LogP contribution is -2.25. The standard InChI is InChI=1S/C17H20BrNS/c1-3-15(19)17(13-10-8-12(2)9-11-13)20-16-7-5-4-6-14(16)18/h4-11,15,17H,3,19H2,1-2H3. The normalized spacial score (nSPS) is 14.0. The molecule has 0 aliphatic rings. The number of benzene rings is 2. The van der Waals surface area contributed by atoms with Crippen molar-refractivity contribution < 1.29 is 0 Å². The van der Waals surface area contributed by atoms with Crippen LogP contribution in [-0.4, -0.2) is 6.04 Å². The first-order valence-electron chi connectivity index (χ1n) is 6.85. The van der Waals surface area contributed by atoms with Crippen molar-refractivity contribution in [3.8, 4) is 0 Å². The van der Waals surface area contributed by atoms with E-state index in [9.17, 15) is 0 Å². The third-order valence-corrected chi connectivity index (χ3v) is 5.80. The van der Waals surface area contributed by atoms with Gasteiger partial charge in [0.05, 0.1) is 0 Å². The highest BCUT2D eigenvalue weighted by Gasteiger charge is 2.20. The van der Waals surface area contributed by atoms with Crippen LogP contribution in [0.2, 0.25) is 0 Å². The van der Waals surface area contributed by atoms with Gasteiger partial charge in [-0.05, 0) is 47.0 Å². The molecule has 0 heterocycles. The van der Waals surface area contributed by atoms with Crippen molar-refractivity contribution in [1.82, 2.24) is 0 Å². The van der Waals surface area contributed by atoms with Crippen LogP contribution in [-0.2, 0) is 0 Å². The molecule has 106 valence electrons. The SMILES string of the molecule is CCC(N)C(Sc1ccccc1Br)c1ccc(C)cc1. The molecule has 0 fully saturated rings. The van der Waals surface area contributed by atoms with Crippen molar-refractivity contribution in [3.63, 3.8) is 0 Å². The average Bonchev–Trinajstić information content (AvgIpc) is 2.47. The summed E-state index contributed by atoms with van der Waals surface area (Å²) in [6, 6.07) is 17.2. The Labute approximate surface area is 134 Å². The van der Waals surface area contributed by atoms with E-state index in [1.165, 1.54) is 16.0 Å². The van der Waals surface area contributed by atoms with Crippen LogP contribution in [0.15, 0.2) is 57.9 Å². The van der Waals surface area contributed by atoms with E-state index in [0.717, 1.165) is 10.9 Å². The van der Waals surface area contributed by atoms with Gasteiger partial charge in [0.15, 0.2) is 0 Å². The number of rotatable bonds is 5. The topological polar surface area (TPSA) is 26.0 Å². The van der Waals surface area contributed by atoms with Gasteiger partial charge in [-0.2, -0.15) is 0 Å². The first-order valence-corrected chi connectivity index (χ1v) is 8.52. The Hall–Kier alpha value is -0.770. The Balaban J connectivity index is 2.29. The predicted molar refractivity (Wildman–Crippen MR) is 92.2 cm³/mol. The summed E-state index contributed by atoms with van der Waals surface area (Å²) in [5, 5.41) is 0.277. The summed E-state index contributed by atoms with van der Waals surface area (Å²) in [7, 11) is 0. The zero-order chi connectivity index (χ0) is 14.5. The molecule has 0 amide bonds. The van der Waals surface area contributed by atoms with Gasteiger partial charge in [-0.3, -0.25) is 0 Å². The van der Waals surface area contributed by atoms with E-state index in [4.69, 9.17) is 5.73 Å². The second-order valence-electron chi connectivity index (χ2n) is 4.95. The molecule has 2 atom stereocenters. The highest BCUT2D eigenvalue weighted by molar-refractivity contribution is 9.10. The summed E-state index contributed by atoms with van der Waals surface area (Å²) in [4.78, 5) is 1.24. The molecule has 0 saturated carbocycles. The molecule has 0 saturated heterocycles. The first-order chi connectivity index (χ1) is 9.61. The van der Waals surface area contributed by atoms with Crippen molar-refractivity contribution in [3.05, 3.63) is 64.1 Å². The van der Waals surface area contributed by atoms with Crippen molar-refractivity contribution in [1.29, 1.82) is 0 Å². The average molecular weight is 350 g/mol. The largest absolute Gasteiger partial charge is 0.326 e. The smallest absolute Gasteiger partial charge is 0.0495 e. The molecule has 0 bridgehead atoms. The monoisotopic (exact) mass is 349 g/mol. The van der Waals surface area contributed by atoms with Gasteiger partial charge in [-0.1, -0.05) is 48.9 Å². The summed E-state index contributed by atoms with van der Waals surface area (Å²) < 4.78 is 1.13. The molecule has 0 aliphatic heterocycles. The molecular formula is C17H20BrNS. The fraction of sp³-hybridized carbons (Fsp3) is 0.294. The zero-order valence-electron chi connectivity index (χ0n) is 11.8. The van der Waals surface area contributed by atoms with Gasteiger partial charge < -0.3 is 5.73 Å². The van der Waals surface area contributed by atoms with E-state index < -0.39 is 0 Å². The van der Waals surface area contributed by atoms with E-state index in [0.29, 0.717) is 0 Å². The molecule has 2 N–H and O–H groups in total. The minimum atomic E-state index is 0.148. The number of aryl methyl sites for hydroxylation is 1. The lowest BCUT2D eigenvalue weighted by molar-refractivity contribution is 0.634. The van der Waals surface area contributed by atoms with E-state index in [1.807, 2.05) is 17.8 Å². The lowest BCUT2D eigenvalue weighted by atomic mass is 10.0. The van der Waals surface area contributed by atoms with Crippen molar-refractivity contribution in [2.75, 3.05) is 0 Å². The van der Waals surface area contributed by atoms with Crippen LogP contribution < -0.4 is 5.73 Å². The summed E-state index contributed by atoms with van der Waals surface area (Å²) in [6.07, 6.45) is 0.968. The maximum Gasteiger partial charge on any atom is 0.0495 e. The van der Waals surface area contributed by atoms with Gasteiger partial charge in [0.1, 0.15) is 0 Å². The molecular weight excluding hydrogens is 330 g/mol. The third kappa shape index (κ3) is 3.87. The Morgan fingerprint density at radius 2 is 1.75 bits per heavy atom. The zero-order valence-corrected chi connectivity index (χ0v) is 14.2. The minimum Gasteiger partial charge on any atom is -0.326 e. The van der Waals surface area contributed by atoms with Gasteiger partial charge in [-0.15, -0.1) is 11.8 Å². The molecule has 0 radical (unpaired) electrons. The molecule has 0 spiro atoms. The highest BCUT2D eigenvalue weighted by atomic mass is 79.9. The fourth-order valence-electron chi connectivity index (χ4n) is 2.05. The minimum absolute atomic E-state index is 0.148. The van der Waals surface area contributed by atoms with E-state index in [-0.39, 0.29) is 11.3 Å². The van der Waals surface area contributed by atoms with Crippen LogP contribution in [0.25, 0.3) is 0 Å². The molecule has 3 heteroatoms. The van der Waals surface area contributed by atoms with Crippen LogP contribution >= 0.6 is 27.7 Å². The van der Waals surface area contributed by atoms with E-state index in [2.05, 4.69) is 72.2 Å². The molecule has 2 rings (SSSR count). The van der Waals surface area contributed by atoms with Gasteiger partial charge in [0, 0.05) is 20.7 Å². The first kappa shape index (κ1) is 15.6. The van der Waals surface area contributed by atoms with Gasteiger partial charge in [0.2, 0.25) is 0 Å². The van der Waals surface area contributed by atoms with Crippen LogP contribution in [0.5, 0.6) is 0 Å². The number of hydrogen-bond acceptors (Lipinski definition) is 2. The van der Waals surface area contributed by atoms with Crippen molar-refractivity contribution in [2.45, 2.75) is 36.5 Å². The molecule has 2 aromatic rings. The second-order valence-corrected chi connectivity index (χ2v) is 6.99. The molecule has 2 aromatic carbocycles. The quantitative estimate of drug-likeness (QED) is 0.738. The van der Waals surface area contributed by atoms with E-state index in [1.54, 1.807) is 0 Å². The molecule has 1 nitrogen and oxygen atoms in total. The number of halogens is 1. The van der Waals surface area contributed by atoms with Crippen LogP contribution in [0.3, 0.4) is 0 Å². The van der Waals surface area contributed by atoms with Crippen molar-refractivity contribution >= 4 is 27.7 Å². The molecule has 0 aromatic heterocycles. The van der Waals surface area contributed by atoms with Gasteiger partial charge in [-0.25, -0.2) is 0 Å². The molecule has 20 heavy (non-hydrogen) atoms. The van der Waals surface area contributed by atoms with Crippen LogP contribution in [0, 0.1) is 6.92 Å². The fourth-order valence-corrected chi connectivity index (χ4v) is 3.89. The Kier molecular flexibility index (Phi) is 5.70. The summed E-state index contributed by atoms with van der Waals surface area (Å²) in [5.41, 5.74) is 8.93. The number of nitrogens with two attached hydrogens (primary N) is 1. The summed E-state index contributed by atoms with van der Waals surface area (Å²) >= 11 is 5.45. The predicted octanol–water partition coefficient (Wildman–Crippen LogP) is 5.33. The number of hydrogen-bond donors (Lipinski definition) is 1. The van der Waals surface area contributed by atoms with Crippen LogP contribution in [0.1, 0.15) is 29.7 Å². The second kappa shape index (κ2) is 7.30. The Bertz CT molecular complexity index is 553. The molecule has 2 unspecified atom stereocenters. The Morgan fingerprint density at radius 1 is 1.10 bits per heavy atom. The summed E-state index contributed by atoms with van der Waals surface area (Å²) in [6.45, 7) is 4.26. The number of thioether (sulfide) groups is 1. The third-order valence-electron chi connectivity index (χ3n) is 3.36. The maximum atomic E-state index is 6.35. The molecule has 0 aliphatic carbocycles. The Morgan fingerprint density at radius 3 is 2.35 bits per heavy atom. The van der Waals surface area contributed by atoms with Crippen molar-refractivity contribution in [2.24, 2.45) is 5.73 Å². The highest BCUT2D eigenvalue weighted by Crippen LogP contribution is 2.41. The van der Waals surface area contributed by atoms with Gasteiger partial charge >= 0.3 is 0 Å². The van der Waals surface area contributed by atoms with E-state index >= 15 is 0 Å². The van der Waals surface area contributed by atoms with Gasteiger partial charge in [0.25, 0.3) is 0 Å². The summed E-state index contributed by atoms with van der Waals surface area (Å²) in [5.74, 6) is 0. The van der Waals surface area contributed by atoms with Crippen LogP contribution in [0.4, 0.5) is 0 Å².